The number of nitrogens with two attached hydrogens (primary N) is 1. The Labute approximate surface area is 123 Å². The molecule has 1 aliphatic rings. The number of carbonyl (C=O) groups excluding carboxylic acids is 1. The number of carbonyl (C=O) groups is 1. The minimum Gasteiger partial charge on any atom is -0.335 e. The lowest BCUT2D eigenvalue weighted by molar-refractivity contribution is 0.0654. The van der Waals surface area contributed by atoms with Crippen LogP contribution >= 0.6 is 0 Å². The molecule has 21 heavy (non-hydrogen) atoms. The third-order valence-electron chi connectivity index (χ3n) is 4.48. The fraction of sp³-hybridized carbons (Fsp3) is 0.533. The topological polar surface area (TPSA) is 76.5 Å². The third kappa shape index (κ3) is 2.40. The first-order valence-electron chi connectivity index (χ1n) is 7.54. The Morgan fingerprint density at radius 2 is 2.33 bits per heavy atom. The second-order valence-electron chi connectivity index (χ2n) is 5.55. The van der Waals surface area contributed by atoms with Crippen LogP contribution in [0.3, 0.4) is 0 Å². The fourth-order valence-electron chi connectivity index (χ4n) is 3.39. The highest BCUT2D eigenvalue weighted by Gasteiger charge is 2.34. The maximum absolute atomic E-state index is 12.9. The van der Waals surface area contributed by atoms with E-state index in [1.54, 1.807) is 29.3 Å². The lowest BCUT2D eigenvalue weighted by atomic mass is 10.0. The van der Waals surface area contributed by atoms with Crippen molar-refractivity contribution in [1.29, 1.82) is 0 Å². The molecule has 6 nitrogen and oxygen atoms in total. The van der Waals surface area contributed by atoms with Crippen molar-refractivity contribution in [1.82, 2.24) is 19.5 Å². The van der Waals surface area contributed by atoms with Crippen molar-refractivity contribution in [2.45, 2.75) is 32.2 Å². The normalized spacial score (nSPS) is 21.8. The first kappa shape index (κ1) is 14.0. The number of amides is 1. The van der Waals surface area contributed by atoms with Crippen molar-refractivity contribution in [3.63, 3.8) is 0 Å². The van der Waals surface area contributed by atoms with Gasteiger partial charge in [0.05, 0.1) is 23.5 Å². The summed E-state index contributed by atoms with van der Waals surface area (Å²) in [6.07, 6.45) is 10.0. The van der Waals surface area contributed by atoms with Gasteiger partial charge in [-0.05, 0) is 32.2 Å². The zero-order chi connectivity index (χ0) is 14.8. The molecule has 0 spiro atoms. The predicted octanol–water partition coefficient (Wildman–Crippen LogP) is 1.32. The molecule has 3 rings (SSSR count). The molecule has 2 N–H and O–H groups in total. The second kappa shape index (κ2) is 5.81. The van der Waals surface area contributed by atoms with Gasteiger partial charge in [0.2, 0.25) is 0 Å². The summed E-state index contributed by atoms with van der Waals surface area (Å²) in [5, 5.41) is 4.23. The molecular weight excluding hydrogens is 266 g/mol. The van der Waals surface area contributed by atoms with E-state index in [9.17, 15) is 4.79 Å². The van der Waals surface area contributed by atoms with Gasteiger partial charge in [0.15, 0.2) is 0 Å². The first-order valence-corrected chi connectivity index (χ1v) is 7.54. The van der Waals surface area contributed by atoms with Crippen molar-refractivity contribution in [2.24, 2.45) is 11.7 Å². The summed E-state index contributed by atoms with van der Waals surface area (Å²) in [5.74, 6) is 0.444. The molecule has 2 heterocycles. The second-order valence-corrected chi connectivity index (χ2v) is 5.55. The quantitative estimate of drug-likeness (QED) is 0.920. The van der Waals surface area contributed by atoms with E-state index in [0.29, 0.717) is 24.6 Å². The molecule has 0 radical (unpaired) electrons. The number of nitrogens with zero attached hydrogens (tertiary/aromatic N) is 4. The van der Waals surface area contributed by atoms with Crippen LogP contribution in [0.4, 0.5) is 0 Å². The van der Waals surface area contributed by atoms with Gasteiger partial charge in [-0.1, -0.05) is 6.42 Å². The van der Waals surface area contributed by atoms with E-state index in [-0.39, 0.29) is 11.9 Å². The van der Waals surface area contributed by atoms with E-state index >= 15 is 0 Å². The van der Waals surface area contributed by atoms with Gasteiger partial charge in [-0.25, -0.2) is 4.52 Å². The Kier molecular flexibility index (Phi) is 3.88. The van der Waals surface area contributed by atoms with Gasteiger partial charge in [0.25, 0.3) is 5.91 Å². The van der Waals surface area contributed by atoms with E-state index in [2.05, 4.69) is 10.1 Å². The number of hydrogen-bond donors (Lipinski definition) is 1. The van der Waals surface area contributed by atoms with Crippen molar-refractivity contribution >= 4 is 11.4 Å². The maximum Gasteiger partial charge on any atom is 0.258 e. The monoisotopic (exact) mass is 287 g/mol. The number of hydrogen-bond acceptors (Lipinski definition) is 4. The average molecular weight is 287 g/mol. The molecule has 2 unspecified atom stereocenters. The lowest BCUT2D eigenvalue weighted by Crippen LogP contribution is -2.44. The minimum absolute atomic E-state index is 0.0332. The minimum atomic E-state index is 0.0332. The molecule has 1 saturated carbocycles. The van der Waals surface area contributed by atoms with Crippen molar-refractivity contribution in [3.8, 4) is 0 Å². The Hall–Kier alpha value is -1.95. The van der Waals surface area contributed by atoms with Crippen LogP contribution in [0.25, 0.3) is 5.52 Å². The summed E-state index contributed by atoms with van der Waals surface area (Å²) in [6, 6.07) is 0.249. The van der Waals surface area contributed by atoms with Gasteiger partial charge < -0.3 is 10.6 Å². The summed E-state index contributed by atoms with van der Waals surface area (Å²) in [7, 11) is 0. The summed E-state index contributed by atoms with van der Waals surface area (Å²) < 4.78 is 1.68. The molecule has 1 amide bonds. The van der Waals surface area contributed by atoms with Crippen LogP contribution in [-0.2, 0) is 0 Å². The van der Waals surface area contributed by atoms with Crippen LogP contribution in [-0.4, -0.2) is 44.5 Å². The van der Waals surface area contributed by atoms with E-state index < -0.39 is 0 Å². The Bertz CT molecular complexity index is 638. The zero-order valence-corrected chi connectivity index (χ0v) is 12.3. The number of rotatable bonds is 4. The largest absolute Gasteiger partial charge is 0.335 e. The highest BCUT2D eigenvalue weighted by atomic mass is 16.2. The summed E-state index contributed by atoms with van der Waals surface area (Å²) in [5.41, 5.74) is 7.23. The standard InChI is InChI=1S/C15H21N5O/c1-2-19(13-5-3-4-11(13)8-16)15(21)12-9-18-20-7-6-17-10-14(12)20/h6-7,9-11,13H,2-5,8,16H2,1H3. The maximum atomic E-state index is 12.9. The molecule has 0 saturated heterocycles. The van der Waals surface area contributed by atoms with E-state index in [0.717, 1.165) is 24.8 Å². The third-order valence-corrected chi connectivity index (χ3v) is 4.48. The SMILES string of the molecule is CCN(C(=O)c1cnn2ccncc12)C1CCCC1CN. The molecule has 0 aromatic carbocycles. The lowest BCUT2D eigenvalue weighted by Gasteiger charge is -2.31. The molecule has 0 aliphatic heterocycles. The molecular formula is C15H21N5O. The summed E-state index contributed by atoms with van der Waals surface area (Å²) in [4.78, 5) is 18.9. The van der Waals surface area contributed by atoms with E-state index in [1.807, 2.05) is 11.8 Å². The number of fused-ring (bicyclic) bond motifs is 1. The molecule has 2 aromatic rings. The summed E-state index contributed by atoms with van der Waals surface area (Å²) in [6.45, 7) is 3.36. The van der Waals surface area contributed by atoms with Crippen LogP contribution < -0.4 is 5.73 Å². The van der Waals surface area contributed by atoms with Crippen molar-refractivity contribution in [2.75, 3.05) is 13.1 Å². The molecule has 2 atom stereocenters. The molecule has 112 valence electrons. The highest BCUT2D eigenvalue weighted by Crippen LogP contribution is 2.30. The zero-order valence-electron chi connectivity index (χ0n) is 12.3. The van der Waals surface area contributed by atoms with Crippen LogP contribution in [0.1, 0.15) is 36.5 Å². The Balaban J connectivity index is 1.92. The van der Waals surface area contributed by atoms with E-state index in [4.69, 9.17) is 5.73 Å². The van der Waals surface area contributed by atoms with Gasteiger partial charge >= 0.3 is 0 Å². The van der Waals surface area contributed by atoms with Crippen molar-refractivity contribution in [3.05, 3.63) is 30.4 Å². The predicted molar refractivity (Wildman–Crippen MR) is 79.9 cm³/mol. The van der Waals surface area contributed by atoms with Gasteiger partial charge in [-0.2, -0.15) is 5.10 Å². The molecule has 1 fully saturated rings. The average Bonchev–Trinajstić information content (AvgIpc) is 3.14. The molecule has 2 aromatic heterocycles. The van der Waals surface area contributed by atoms with Crippen LogP contribution in [0.2, 0.25) is 0 Å². The fourth-order valence-corrected chi connectivity index (χ4v) is 3.39. The molecule has 0 bridgehead atoms. The van der Waals surface area contributed by atoms with E-state index in [1.165, 1.54) is 0 Å². The smallest absolute Gasteiger partial charge is 0.258 e. The Morgan fingerprint density at radius 1 is 1.48 bits per heavy atom. The molecule has 6 heteroatoms. The van der Waals surface area contributed by atoms with Gasteiger partial charge in [-0.15, -0.1) is 0 Å². The van der Waals surface area contributed by atoms with Crippen molar-refractivity contribution < 1.29 is 4.79 Å². The van der Waals surface area contributed by atoms with Crippen LogP contribution in [0.15, 0.2) is 24.8 Å². The van der Waals surface area contributed by atoms with Gasteiger partial charge in [0.1, 0.15) is 0 Å². The van der Waals surface area contributed by atoms with Gasteiger partial charge in [0, 0.05) is 25.0 Å². The van der Waals surface area contributed by atoms with Gasteiger partial charge in [-0.3, -0.25) is 9.78 Å². The van der Waals surface area contributed by atoms with Crippen LogP contribution in [0, 0.1) is 5.92 Å². The first-order chi connectivity index (χ1) is 10.3. The van der Waals surface area contributed by atoms with Crippen LogP contribution in [0.5, 0.6) is 0 Å². The Morgan fingerprint density at radius 3 is 3.10 bits per heavy atom. The number of aromatic nitrogens is 3. The molecule has 1 aliphatic carbocycles. The highest BCUT2D eigenvalue weighted by molar-refractivity contribution is 6.00. The summed E-state index contributed by atoms with van der Waals surface area (Å²) >= 11 is 0.